The summed E-state index contributed by atoms with van der Waals surface area (Å²) >= 11 is 0. The van der Waals surface area contributed by atoms with Crippen molar-refractivity contribution in [2.45, 2.75) is 65.2 Å². The van der Waals surface area contributed by atoms with Crippen LogP contribution >= 0.6 is 0 Å². The number of benzene rings is 2. The number of nitrogens with one attached hydrogen (secondary N) is 1. The van der Waals surface area contributed by atoms with Gasteiger partial charge in [-0.25, -0.2) is 0 Å². The summed E-state index contributed by atoms with van der Waals surface area (Å²) in [5, 5.41) is 3.41. The van der Waals surface area contributed by atoms with Gasteiger partial charge in [-0.05, 0) is 62.3 Å². The van der Waals surface area contributed by atoms with E-state index in [1.54, 1.807) is 0 Å². The summed E-state index contributed by atoms with van der Waals surface area (Å²) in [5.41, 5.74) is 2.18. The second-order valence-electron chi connectivity index (χ2n) is 7.83. The molecule has 0 amide bonds. The van der Waals surface area contributed by atoms with E-state index in [0.29, 0.717) is 0 Å². The molecule has 1 N–H and O–H groups in total. The number of hydrogen-bond donors (Lipinski definition) is 1. The molecule has 0 bridgehead atoms. The second kappa shape index (κ2) is 14.9. The van der Waals surface area contributed by atoms with Crippen molar-refractivity contribution in [3.63, 3.8) is 0 Å². The van der Waals surface area contributed by atoms with E-state index in [1.807, 2.05) is 18.2 Å². The molecule has 3 heteroatoms. The minimum atomic E-state index is 0.757. The normalized spacial score (nSPS) is 11.0. The van der Waals surface area contributed by atoms with Crippen LogP contribution < -0.4 is 10.1 Å². The van der Waals surface area contributed by atoms with Gasteiger partial charge in [0.1, 0.15) is 12.4 Å². The van der Waals surface area contributed by atoms with Crippen LogP contribution in [0.2, 0.25) is 0 Å². The molecule has 0 atom stereocenters. The number of rotatable bonds is 16. The predicted octanol–water partition coefficient (Wildman–Crippen LogP) is 7.27. The Bertz CT molecular complexity index is 615. The van der Waals surface area contributed by atoms with Gasteiger partial charge in [0.05, 0.1) is 0 Å². The lowest BCUT2D eigenvalue weighted by Crippen LogP contribution is -2.30. The molecule has 2 aromatic rings. The zero-order valence-electron chi connectivity index (χ0n) is 18.5. The molecule has 3 nitrogen and oxygen atoms in total. The van der Waals surface area contributed by atoms with E-state index in [1.165, 1.54) is 64.5 Å². The maximum Gasteiger partial charge on any atom is 0.119 e. The first kappa shape index (κ1) is 23.3. The average Bonchev–Trinajstić information content (AvgIpc) is 2.75. The minimum absolute atomic E-state index is 0.757. The monoisotopic (exact) mass is 396 g/mol. The van der Waals surface area contributed by atoms with Crippen LogP contribution in [0, 0.1) is 0 Å². The van der Waals surface area contributed by atoms with Crippen LogP contribution in [0.5, 0.6) is 5.75 Å². The molecule has 0 unspecified atom stereocenters. The average molecular weight is 397 g/mol. The number of anilines is 2. The summed E-state index contributed by atoms with van der Waals surface area (Å²) in [5.74, 6) is 0.945. The van der Waals surface area contributed by atoms with Crippen LogP contribution in [0.1, 0.15) is 65.2 Å². The zero-order chi connectivity index (χ0) is 20.6. The van der Waals surface area contributed by atoms with E-state index in [4.69, 9.17) is 4.74 Å². The molecule has 0 heterocycles. The van der Waals surface area contributed by atoms with Gasteiger partial charge >= 0.3 is 0 Å². The lowest BCUT2D eigenvalue weighted by molar-refractivity contribution is 0.202. The van der Waals surface area contributed by atoms with Crippen LogP contribution in [0.15, 0.2) is 54.6 Å². The van der Waals surface area contributed by atoms with Crippen LogP contribution in [0.25, 0.3) is 0 Å². The quantitative estimate of drug-likeness (QED) is 0.302. The van der Waals surface area contributed by atoms with Gasteiger partial charge in [-0.3, -0.25) is 4.90 Å². The Labute approximate surface area is 178 Å². The van der Waals surface area contributed by atoms with Crippen molar-refractivity contribution in [1.82, 2.24) is 4.90 Å². The van der Waals surface area contributed by atoms with Crippen molar-refractivity contribution < 1.29 is 4.74 Å². The van der Waals surface area contributed by atoms with Crippen molar-refractivity contribution >= 4 is 11.4 Å². The first-order valence-electron chi connectivity index (χ1n) is 11.6. The van der Waals surface area contributed by atoms with Crippen molar-refractivity contribution in [2.24, 2.45) is 0 Å². The summed E-state index contributed by atoms with van der Waals surface area (Å²) in [6.07, 6.45) is 10.6. The third-order valence-electron chi connectivity index (χ3n) is 5.25. The van der Waals surface area contributed by atoms with Crippen molar-refractivity contribution in [3.8, 4) is 5.75 Å². The molecule has 0 aromatic heterocycles. The Kier molecular flexibility index (Phi) is 12.0. The molecule has 0 aliphatic carbocycles. The van der Waals surface area contributed by atoms with E-state index in [2.05, 4.69) is 60.5 Å². The van der Waals surface area contributed by atoms with Crippen molar-refractivity contribution in [3.05, 3.63) is 54.6 Å². The van der Waals surface area contributed by atoms with E-state index in [0.717, 1.165) is 30.3 Å². The predicted molar refractivity (Wildman–Crippen MR) is 126 cm³/mol. The van der Waals surface area contributed by atoms with E-state index in [9.17, 15) is 0 Å². The molecule has 0 spiro atoms. The maximum absolute atomic E-state index is 6.03. The zero-order valence-corrected chi connectivity index (χ0v) is 18.5. The van der Waals surface area contributed by atoms with Gasteiger partial charge in [-0.1, -0.05) is 70.6 Å². The molecule has 0 fully saturated rings. The Balaban J connectivity index is 1.73. The molecule has 2 rings (SSSR count). The first-order valence-corrected chi connectivity index (χ1v) is 11.6. The fraction of sp³-hybridized carbons (Fsp3) is 0.538. The van der Waals surface area contributed by atoms with Gasteiger partial charge in [-0.15, -0.1) is 0 Å². The molecular formula is C26H40N2O. The third-order valence-corrected chi connectivity index (χ3v) is 5.25. The van der Waals surface area contributed by atoms with Crippen LogP contribution in [-0.2, 0) is 0 Å². The van der Waals surface area contributed by atoms with Crippen molar-refractivity contribution in [1.29, 1.82) is 0 Å². The standard InChI is InChI=1S/C26H40N2O/c1-3-5-7-12-20-28(21-13-8-6-4-2)22-23-29-26-18-16-25(17-19-26)27-24-14-10-9-11-15-24/h9-11,14-19,27H,3-8,12-13,20-23H2,1-2H3. The molecular weight excluding hydrogens is 356 g/mol. The summed E-state index contributed by atoms with van der Waals surface area (Å²) in [6.45, 7) is 8.73. The Morgan fingerprint density at radius 2 is 1.24 bits per heavy atom. The van der Waals surface area contributed by atoms with Gasteiger partial charge in [0.15, 0.2) is 0 Å². The van der Waals surface area contributed by atoms with Crippen LogP contribution in [0.3, 0.4) is 0 Å². The highest BCUT2D eigenvalue weighted by Crippen LogP contribution is 2.20. The number of ether oxygens (including phenoxy) is 1. The van der Waals surface area contributed by atoms with Gasteiger partial charge < -0.3 is 10.1 Å². The Hall–Kier alpha value is -2.00. The van der Waals surface area contributed by atoms with Crippen molar-refractivity contribution in [2.75, 3.05) is 31.6 Å². The SMILES string of the molecule is CCCCCCN(CCCCCC)CCOc1ccc(Nc2ccccc2)cc1. The van der Waals surface area contributed by atoms with Gasteiger partial charge in [0.25, 0.3) is 0 Å². The number of unbranched alkanes of at least 4 members (excludes halogenated alkanes) is 6. The molecule has 0 aliphatic rings. The molecule has 2 aromatic carbocycles. The molecule has 0 saturated heterocycles. The van der Waals surface area contributed by atoms with Gasteiger partial charge in [0, 0.05) is 17.9 Å². The Morgan fingerprint density at radius 1 is 0.655 bits per heavy atom. The lowest BCUT2D eigenvalue weighted by atomic mass is 10.1. The molecule has 0 aliphatic heterocycles. The van der Waals surface area contributed by atoms with E-state index in [-0.39, 0.29) is 0 Å². The van der Waals surface area contributed by atoms with Crippen LogP contribution in [0.4, 0.5) is 11.4 Å². The first-order chi connectivity index (χ1) is 14.3. The molecule has 29 heavy (non-hydrogen) atoms. The van der Waals surface area contributed by atoms with E-state index < -0.39 is 0 Å². The second-order valence-corrected chi connectivity index (χ2v) is 7.83. The highest BCUT2D eigenvalue weighted by atomic mass is 16.5. The summed E-state index contributed by atoms with van der Waals surface area (Å²) in [4.78, 5) is 2.59. The Morgan fingerprint density at radius 3 is 1.83 bits per heavy atom. The molecule has 0 radical (unpaired) electrons. The molecule has 160 valence electrons. The number of nitrogens with zero attached hydrogens (tertiary/aromatic N) is 1. The summed E-state index contributed by atoms with van der Waals surface area (Å²) in [7, 11) is 0. The highest BCUT2D eigenvalue weighted by Gasteiger charge is 2.05. The fourth-order valence-electron chi connectivity index (χ4n) is 3.48. The number of para-hydroxylation sites is 1. The lowest BCUT2D eigenvalue weighted by Gasteiger charge is -2.22. The topological polar surface area (TPSA) is 24.5 Å². The smallest absolute Gasteiger partial charge is 0.119 e. The van der Waals surface area contributed by atoms with Crippen LogP contribution in [-0.4, -0.2) is 31.1 Å². The van der Waals surface area contributed by atoms with Gasteiger partial charge in [-0.2, -0.15) is 0 Å². The summed E-state index contributed by atoms with van der Waals surface area (Å²) in [6, 6.07) is 18.5. The highest BCUT2D eigenvalue weighted by molar-refractivity contribution is 5.59. The maximum atomic E-state index is 6.03. The minimum Gasteiger partial charge on any atom is -0.492 e. The number of hydrogen-bond acceptors (Lipinski definition) is 3. The molecule has 0 saturated carbocycles. The third kappa shape index (κ3) is 10.4. The largest absolute Gasteiger partial charge is 0.492 e. The van der Waals surface area contributed by atoms with Gasteiger partial charge in [0.2, 0.25) is 0 Å². The summed E-state index contributed by atoms with van der Waals surface area (Å²) < 4.78 is 6.03. The fourth-order valence-corrected chi connectivity index (χ4v) is 3.48. The van der Waals surface area contributed by atoms with E-state index >= 15 is 0 Å².